The summed E-state index contributed by atoms with van der Waals surface area (Å²) < 4.78 is 5.10. The Bertz CT molecular complexity index is 531. The van der Waals surface area contributed by atoms with E-state index in [0.717, 1.165) is 0 Å². The van der Waals surface area contributed by atoms with Gasteiger partial charge in [0.25, 0.3) is 5.91 Å². The standard InChI is InChI=1S/C14H20ClN3O4/c1-9(17-13(20)22-14(2,3)4)8-21-18-12(19)11-7-10(15)5-6-16-11/h5-7,9H,8H2,1-4H3,(H,17,20)(H,18,19). The lowest BCUT2D eigenvalue weighted by Crippen LogP contribution is -2.41. The fraction of sp³-hybridized carbons (Fsp3) is 0.500. The molecule has 1 unspecified atom stereocenters. The Morgan fingerprint density at radius 1 is 1.41 bits per heavy atom. The first-order valence-corrected chi connectivity index (χ1v) is 7.08. The Kier molecular flexibility index (Phi) is 6.58. The molecular weight excluding hydrogens is 310 g/mol. The molecule has 0 saturated heterocycles. The molecule has 0 spiro atoms. The number of amides is 2. The molecule has 8 heteroatoms. The second-order valence-electron chi connectivity index (χ2n) is 5.65. The Morgan fingerprint density at radius 2 is 2.09 bits per heavy atom. The van der Waals surface area contributed by atoms with E-state index in [2.05, 4.69) is 15.8 Å². The van der Waals surface area contributed by atoms with Gasteiger partial charge < -0.3 is 10.1 Å². The van der Waals surface area contributed by atoms with E-state index in [1.807, 2.05) is 0 Å². The number of pyridine rings is 1. The molecule has 1 rings (SSSR count). The molecule has 0 aliphatic carbocycles. The van der Waals surface area contributed by atoms with Gasteiger partial charge in [0.05, 0.1) is 12.6 Å². The summed E-state index contributed by atoms with van der Waals surface area (Å²) in [6.45, 7) is 7.10. The number of hydrogen-bond donors (Lipinski definition) is 2. The minimum atomic E-state index is -0.572. The van der Waals surface area contributed by atoms with Crippen LogP contribution in [-0.2, 0) is 9.57 Å². The molecule has 1 atom stereocenters. The van der Waals surface area contributed by atoms with Gasteiger partial charge in [0, 0.05) is 11.2 Å². The van der Waals surface area contributed by atoms with Gasteiger partial charge in [-0.3, -0.25) is 14.6 Å². The number of hydroxylamine groups is 1. The summed E-state index contributed by atoms with van der Waals surface area (Å²) in [7, 11) is 0. The maximum absolute atomic E-state index is 11.7. The summed E-state index contributed by atoms with van der Waals surface area (Å²) in [5.74, 6) is -0.521. The van der Waals surface area contributed by atoms with Gasteiger partial charge in [-0.25, -0.2) is 10.3 Å². The zero-order chi connectivity index (χ0) is 16.8. The first-order valence-electron chi connectivity index (χ1n) is 6.70. The van der Waals surface area contributed by atoms with Crippen LogP contribution in [0, 0.1) is 0 Å². The lowest BCUT2D eigenvalue weighted by molar-refractivity contribution is 0.0187. The second kappa shape index (κ2) is 7.95. The van der Waals surface area contributed by atoms with E-state index in [1.54, 1.807) is 33.8 Å². The fourth-order valence-corrected chi connectivity index (χ4v) is 1.52. The quantitative estimate of drug-likeness (QED) is 0.809. The van der Waals surface area contributed by atoms with Crippen molar-refractivity contribution >= 4 is 23.6 Å². The van der Waals surface area contributed by atoms with E-state index in [4.69, 9.17) is 21.2 Å². The van der Waals surface area contributed by atoms with Gasteiger partial charge >= 0.3 is 6.09 Å². The predicted molar refractivity (Wildman–Crippen MR) is 81.5 cm³/mol. The van der Waals surface area contributed by atoms with E-state index in [0.29, 0.717) is 5.02 Å². The number of hydrogen-bond acceptors (Lipinski definition) is 5. The average molecular weight is 330 g/mol. The molecule has 0 fully saturated rings. The van der Waals surface area contributed by atoms with Gasteiger partial charge in [-0.2, -0.15) is 0 Å². The zero-order valence-electron chi connectivity index (χ0n) is 13.0. The number of nitrogens with zero attached hydrogens (tertiary/aromatic N) is 1. The molecule has 2 amide bonds. The number of carbonyl (C=O) groups is 2. The van der Waals surface area contributed by atoms with Crippen LogP contribution in [0.25, 0.3) is 0 Å². The topological polar surface area (TPSA) is 89.5 Å². The highest BCUT2D eigenvalue weighted by atomic mass is 35.5. The molecule has 0 radical (unpaired) electrons. The van der Waals surface area contributed by atoms with Crippen LogP contribution in [0.1, 0.15) is 38.2 Å². The van der Waals surface area contributed by atoms with Crippen molar-refractivity contribution in [2.24, 2.45) is 0 Å². The highest BCUT2D eigenvalue weighted by Crippen LogP contribution is 2.08. The van der Waals surface area contributed by atoms with Gasteiger partial charge in [0.15, 0.2) is 0 Å². The average Bonchev–Trinajstić information content (AvgIpc) is 2.36. The summed E-state index contributed by atoms with van der Waals surface area (Å²) >= 11 is 5.76. The van der Waals surface area contributed by atoms with E-state index in [-0.39, 0.29) is 18.3 Å². The SMILES string of the molecule is CC(CONC(=O)c1cc(Cl)ccn1)NC(=O)OC(C)(C)C. The number of ether oxygens (including phenoxy) is 1. The second-order valence-corrected chi connectivity index (χ2v) is 6.09. The number of alkyl carbamates (subject to hydrolysis) is 1. The molecule has 0 aliphatic rings. The Balaban J connectivity index is 2.31. The largest absolute Gasteiger partial charge is 0.444 e. The van der Waals surface area contributed by atoms with Crippen molar-refractivity contribution in [3.63, 3.8) is 0 Å². The van der Waals surface area contributed by atoms with E-state index < -0.39 is 17.6 Å². The molecule has 1 aromatic rings. The number of carbonyl (C=O) groups excluding carboxylic acids is 2. The normalized spacial score (nSPS) is 12.4. The first kappa shape index (κ1) is 18.2. The van der Waals surface area contributed by atoms with Gasteiger partial charge in [-0.05, 0) is 39.8 Å². The smallest absolute Gasteiger partial charge is 0.407 e. The van der Waals surface area contributed by atoms with Gasteiger partial charge in [0.1, 0.15) is 11.3 Å². The van der Waals surface area contributed by atoms with Crippen LogP contribution in [0.2, 0.25) is 5.02 Å². The molecule has 1 aromatic heterocycles. The van der Waals surface area contributed by atoms with E-state index in [9.17, 15) is 9.59 Å². The van der Waals surface area contributed by atoms with Crippen LogP contribution in [0.5, 0.6) is 0 Å². The Hall–Kier alpha value is -1.86. The molecule has 122 valence electrons. The summed E-state index contributed by atoms with van der Waals surface area (Å²) in [5.41, 5.74) is 1.79. The fourth-order valence-electron chi connectivity index (χ4n) is 1.36. The lowest BCUT2D eigenvalue weighted by Gasteiger charge is -2.21. The molecule has 7 nitrogen and oxygen atoms in total. The lowest BCUT2D eigenvalue weighted by atomic mass is 10.2. The highest BCUT2D eigenvalue weighted by Gasteiger charge is 2.18. The number of halogens is 1. The first-order chi connectivity index (χ1) is 10.2. The van der Waals surface area contributed by atoms with E-state index in [1.165, 1.54) is 12.3 Å². The van der Waals surface area contributed by atoms with Crippen molar-refractivity contribution in [3.8, 4) is 0 Å². The van der Waals surface area contributed by atoms with Crippen LogP contribution < -0.4 is 10.8 Å². The van der Waals surface area contributed by atoms with Crippen LogP contribution in [0.15, 0.2) is 18.3 Å². The number of rotatable bonds is 5. The van der Waals surface area contributed by atoms with Gasteiger partial charge in [-0.15, -0.1) is 0 Å². The summed E-state index contributed by atoms with van der Waals surface area (Å²) in [4.78, 5) is 32.1. The van der Waals surface area contributed by atoms with Gasteiger partial charge in [0.2, 0.25) is 0 Å². The van der Waals surface area contributed by atoms with E-state index >= 15 is 0 Å². The number of nitrogens with one attached hydrogen (secondary N) is 2. The van der Waals surface area contributed by atoms with Crippen LogP contribution >= 0.6 is 11.6 Å². The monoisotopic (exact) mass is 329 g/mol. The van der Waals surface area contributed by atoms with Crippen LogP contribution in [0.3, 0.4) is 0 Å². The Labute approximate surface area is 134 Å². The maximum Gasteiger partial charge on any atom is 0.407 e. The molecular formula is C14H20ClN3O4. The third-order valence-electron chi connectivity index (χ3n) is 2.22. The minimum Gasteiger partial charge on any atom is -0.444 e. The third kappa shape index (κ3) is 7.24. The maximum atomic E-state index is 11.7. The molecule has 0 aromatic carbocycles. The van der Waals surface area contributed by atoms with Crippen molar-refractivity contribution in [2.45, 2.75) is 39.3 Å². The minimum absolute atomic E-state index is 0.0749. The molecule has 22 heavy (non-hydrogen) atoms. The summed E-state index contributed by atoms with van der Waals surface area (Å²) in [5, 5.41) is 2.99. The van der Waals surface area contributed by atoms with Crippen LogP contribution in [0.4, 0.5) is 4.79 Å². The zero-order valence-corrected chi connectivity index (χ0v) is 13.7. The molecule has 1 heterocycles. The van der Waals surface area contributed by atoms with Crippen molar-refractivity contribution in [3.05, 3.63) is 29.0 Å². The van der Waals surface area contributed by atoms with Crippen molar-refractivity contribution < 1.29 is 19.2 Å². The molecule has 2 N–H and O–H groups in total. The predicted octanol–water partition coefficient (Wildman–Crippen LogP) is 2.31. The van der Waals surface area contributed by atoms with Crippen molar-refractivity contribution in [1.82, 2.24) is 15.8 Å². The highest BCUT2D eigenvalue weighted by molar-refractivity contribution is 6.30. The Morgan fingerprint density at radius 3 is 2.68 bits per heavy atom. The third-order valence-corrected chi connectivity index (χ3v) is 2.45. The summed E-state index contributed by atoms with van der Waals surface area (Å²) in [6.07, 6.45) is 0.871. The summed E-state index contributed by atoms with van der Waals surface area (Å²) in [6, 6.07) is 2.64. The molecule has 0 bridgehead atoms. The van der Waals surface area contributed by atoms with Crippen LogP contribution in [-0.4, -0.2) is 35.2 Å². The van der Waals surface area contributed by atoms with Crippen molar-refractivity contribution in [2.75, 3.05) is 6.61 Å². The van der Waals surface area contributed by atoms with Crippen molar-refractivity contribution in [1.29, 1.82) is 0 Å². The molecule has 0 aliphatic heterocycles. The molecule has 0 saturated carbocycles. The van der Waals surface area contributed by atoms with Gasteiger partial charge in [-0.1, -0.05) is 11.6 Å². The number of aromatic nitrogens is 1.